The third kappa shape index (κ3) is 1.90. The SMILES string of the molecule is Cn1ncnc1C(CN)c1cccc(O)c1. The zero-order valence-corrected chi connectivity index (χ0v) is 9.04. The average molecular weight is 218 g/mol. The van der Waals surface area contributed by atoms with Gasteiger partial charge in [0.25, 0.3) is 0 Å². The molecule has 2 aromatic rings. The molecule has 0 spiro atoms. The van der Waals surface area contributed by atoms with Gasteiger partial charge in [-0.1, -0.05) is 12.1 Å². The van der Waals surface area contributed by atoms with Crippen molar-refractivity contribution in [3.05, 3.63) is 42.0 Å². The Morgan fingerprint density at radius 3 is 2.88 bits per heavy atom. The first-order valence-electron chi connectivity index (χ1n) is 5.05. The quantitative estimate of drug-likeness (QED) is 0.791. The summed E-state index contributed by atoms with van der Waals surface area (Å²) in [6.45, 7) is 0.427. The van der Waals surface area contributed by atoms with Gasteiger partial charge in [-0.25, -0.2) is 4.98 Å². The maximum absolute atomic E-state index is 9.44. The maximum atomic E-state index is 9.44. The molecule has 0 saturated carbocycles. The lowest BCUT2D eigenvalue weighted by molar-refractivity contribution is 0.474. The summed E-state index contributed by atoms with van der Waals surface area (Å²) < 4.78 is 1.70. The number of hydrogen-bond acceptors (Lipinski definition) is 4. The van der Waals surface area contributed by atoms with E-state index in [1.807, 2.05) is 13.1 Å². The summed E-state index contributed by atoms with van der Waals surface area (Å²) in [6.07, 6.45) is 1.50. The molecule has 0 aliphatic heterocycles. The summed E-state index contributed by atoms with van der Waals surface area (Å²) in [5.74, 6) is 0.991. The molecule has 1 heterocycles. The lowest BCUT2D eigenvalue weighted by Crippen LogP contribution is -2.18. The Balaban J connectivity index is 2.40. The monoisotopic (exact) mass is 218 g/mol. The van der Waals surface area contributed by atoms with Crippen molar-refractivity contribution in [2.45, 2.75) is 5.92 Å². The van der Waals surface area contributed by atoms with E-state index in [0.29, 0.717) is 6.54 Å². The van der Waals surface area contributed by atoms with E-state index < -0.39 is 0 Å². The summed E-state index contributed by atoms with van der Waals surface area (Å²) in [6, 6.07) is 7.05. The second kappa shape index (κ2) is 4.32. The summed E-state index contributed by atoms with van der Waals surface area (Å²) >= 11 is 0. The number of rotatable bonds is 3. The molecule has 0 amide bonds. The normalized spacial score (nSPS) is 12.6. The summed E-state index contributed by atoms with van der Waals surface area (Å²) in [5.41, 5.74) is 6.70. The van der Waals surface area contributed by atoms with Gasteiger partial charge in [-0.2, -0.15) is 5.10 Å². The zero-order valence-electron chi connectivity index (χ0n) is 9.04. The van der Waals surface area contributed by atoms with Crippen LogP contribution in [0.25, 0.3) is 0 Å². The van der Waals surface area contributed by atoms with E-state index >= 15 is 0 Å². The van der Waals surface area contributed by atoms with Gasteiger partial charge in [0.05, 0.1) is 5.92 Å². The number of aromatic nitrogens is 3. The smallest absolute Gasteiger partial charge is 0.138 e. The van der Waals surface area contributed by atoms with Crippen LogP contribution in [0.3, 0.4) is 0 Å². The molecule has 5 nitrogen and oxygen atoms in total. The lowest BCUT2D eigenvalue weighted by atomic mass is 9.98. The molecule has 1 aromatic carbocycles. The fourth-order valence-corrected chi connectivity index (χ4v) is 1.75. The van der Waals surface area contributed by atoms with Crippen LogP contribution < -0.4 is 5.73 Å². The minimum absolute atomic E-state index is 0.0420. The molecule has 3 N–H and O–H groups in total. The van der Waals surface area contributed by atoms with Crippen LogP contribution in [0.4, 0.5) is 0 Å². The van der Waals surface area contributed by atoms with Gasteiger partial charge in [0, 0.05) is 13.6 Å². The van der Waals surface area contributed by atoms with Crippen molar-refractivity contribution in [2.24, 2.45) is 12.8 Å². The van der Waals surface area contributed by atoms with Crippen LogP contribution >= 0.6 is 0 Å². The van der Waals surface area contributed by atoms with E-state index in [9.17, 15) is 5.11 Å². The molecule has 0 saturated heterocycles. The van der Waals surface area contributed by atoms with Gasteiger partial charge < -0.3 is 10.8 Å². The van der Waals surface area contributed by atoms with Crippen LogP contribution in [0.15, 0.2) is 30.6 Å². The van der Waals surface area contributed by atoms with E-state index in [0.717, 1.165) is 11.4 Å². The minimum atomic E-state index is -0.0420. The van der Waals surface area contributed by atoms with Gasteiger partial charge in [0.15, 0.2) is 0 Å². The highest BCUT2D eigenvalue weighted by Crippen LogP contribution is 2.24. The van der Waals surface area contributed by atoms with Crippen LogP contribution in [0.5, 0.6) is 5.75 Å². The number of aryl methyl sites for hydroxylation is 1. The van der Waals surface area contributed by atoms with E-state index in [1.165, 1.54) is 6.33 Å². The van der Waals surface area contributed by atoms with E-state index in [-0.39, 0.29) is 11.7 Å². The highest BCUT2D eigenvalue weighted by molar-refractivity contribution is 5.33. The van der Waals surface area contributed by atoms with Crippen molar-refractivity contribution in [3.63, 3.8) is 0 Å². The molecule has 1 aromatic heterocycles. The van der Waals surface area contributed by atoms with Crippen molar-refractivity contribution < 1.29 is 5.11 Å². The Morgan fingerprint density at radius 1 is 1.50 bits per heavy atom. The molecule has 84 valence electrons. The van der Waals surface area contributed by atoms with Crippen molar-refractivity contribution in [1.82, 2.24) is 14.8 Å². The van der Waals surface area contributed by atoms with Crippen LogP contribution in [-0.2, 0) is 7.05 Å². The molecule has 0 radical (unpaired) electrons. The predicted molar refractivity (Wildman–Crippen MR) is 60.0 cm³/mol. The first kappa shape index (κ1) is 10.6. The summed E-state index contributed by atoms with van der Waals surface area (Å²) in [7, 11) is 1.83. The lowest BCUT2D eigenvalue weighted by Gasteiger charge is -2.14. The number of nitrogens with two attached hydrogens (primary N) is 1. The van der Waals surface area contributed by atoms with Crippen LogP contribution in [0.1, 0.15) is 17.3 Å². The zero-order chi connectivity index (χ0) is 11.5. The van der Waals surface area contributed by atoms with Gasteiger partial charge in [-0.05, 0) is 17.7 Å². The van der Waals surface area contributed by atoms with E-state index in [2.05, 4.69) is 10.1 Å². The van der Waals surface area contributed by atoms with E-state index in [1.54, 1.807) is 22.9 Å². The molecular weight excluding hydrogens is 204 g/mol. The Bertz CT molecular complexity index is 480. The number of phenolic OH excluding ortho intramolecular Hbond substituents is 1. The van der Waals surface area contributed by atoms with Gasteiger partial charge in [-0.15, -0.1) is 0 Å². The van der Waals surface area contributed by atoms with Gasteiger partial charge >= 0.3 is 0 Å². The van der Waals surface area contributed by atoms with Crippen LogP contribution in [0.2, 0.25) is 0 Å². The molecule has 0 aliphatic rings. The first-order valence-corrected chi connectivity index (χ1v) is 5.05. The average Bonchev–Trinajstić information content (AvgIpc) is 2.67. The standard InChI is InChI=1S/C11H14N4O/c1-15-11(13-7-14-15)10(6-12)8-3-2-4-9(16)5-8/h2-5,7,10,16H,6,12H2,1H3. The third-order valence-electron chi connectivity index (χ3n) is 2.57. The van der Waals surface area contributed by atoms with Crippen molar-refractivity contribution in [1.29, 1.82) is 0 Å². The Labute approximate surface area is 93.5 Å². The Kier molecular flexibility index (Phi) is 2.87. The molecular formula is C11H14N4O. The molecule has 1 atom stereocenters. The van der Waals surface area contributed by atoms with Gasteiger partial charge in [0.2, 0.25) is 0 Å². The third-order valence-corrected chi connectivity index (χ3v) is 2.57. The fraction of sp³-hybridized carbons (Fsp3) is 0.273. The summed E-state index contributed by atoms with van der Waals surface area (Å²) in [4.78, 5) is 4.18. The van der Waals surface area contributed by atoms with Crippen LogP contribution in [-0.4, -0.2) is 26.4 Å². The minimum Gasteiger partial charge on any atom is -0.508 e. The predicted octanol–water partition coefficient (Wildman–Crippen LogP) is 0.611. The summed E-state index contributed by atoms with van der Waals surface area (Å²) in [5, 5.41) is 13.5. The Hall–Kier alpha value is -1.88. The number of benzene rings is 1. The number of nitrogens with zero attached hydrogens (tertiary/aromatic N) is 3. The highest BCUT2D eigenvalue weighted by Gasteiger charge is 2.17. The molecule has 1 unspecified atom stereocenters. The number of hydrogen-bond donors (Lipinski definition) is 2. The maximum Gasteiger partial charge on any atom is 0.138 e. The second-order valence-electron chi connectivity index (χ2n) is 3.63. The molecule has 16 heavy (non-hydrogen) atoms. The Morgan fingerprint density at radius 2 is 2.31 bits per heavy atom. The van der Waals surface area contributed by atoms with Crippen LogP contribution in [0, 0.1) is 0 Å². The van der Waals surface area contributed by atoms with Crippen molar-refractivity contribution >= 4 is 0 Å². The molecule has 0 aliphatic carbocycles. The largest absolute Gasteiger partial charge is 0.508 e. The van der Waals surface area contributed by atoms with Gasteiger partial charge in [0.1, 0.15) is 17.9 Å². The molecule has 2 rings (SSSR count). The molecule has 0 bridgehead atoms. The molecule has 0 fully saturated rings. The molecule has 5 heteroatoms. The van der Waals surface area contributed by atoms with Crippen molar-refractivity contribution in [2.75, 3.05) is 6.54 Å². The fourth-order valence-electron chi connectivity index (χ4n) is 1.75. The number of phenols is 1. The second-order valence-corrected chi connectivity index (χ2v) is 3.63. The van der Waals surface area contributed by atoms with Crippen molar-refractivity contribution in [3.8, 4) is 5.75 Å². The topological polar surface area (TPSA) is 77.0 Å². The van der Waals surface area contributed by atoms with Gasteiger partial charge in [-0.3, -0.25) is 4.68 Å². The number of aromatic hydroxyl groups is 1. The van der Waals surface area contributed by atoms with E-state index in [4.69, 9.17) is 5.73 Å². The first-order chi connectivity index (χ1) is 7.72. The highest BCUT2D eigenvalue weighted by atomic mass is 16.3.